The minimum Gasteiger partial charge on any atom is -0.466 e. The van der Waals surface area contributed by atoms with Crippen LogP contribution in [0.1, 0.15) is 45.4 Å². The molecule has 0 unspecified atom stereocenters. The molecule has 2 rings (SSSR count). The first-order valence-corrected chi connectivity index (χ1v) is 9.39. The molecule has 1 aliphatic carbocycles. The van der Waals surface area contributed by atoms with Crippen LogP contribution in [0.5, 0.6) is 0 Å². The first-order chi connectivity index (χ1) is 12.1. The maximum absolute atomic E-state index is 11.8. The van der Waals surface area contributed by atoms with Crippen molar-refractivity contribution in [1.29, 1.82) is 0 Å². The zero-order chi connectivity index (χ0) is 18.1. The topological polar surface area (TPSA) is 81.2 Å². The molecule has 25 heavy (non-hydrogen) atoms. The van der Waals surface area contributed by atoms with E-state index in [9.17, 15) is 4.79 Å². The van der Waals surface area contributed by atoms with Gasteiger partial charge >= 0.3 is 5.97 Å². The lowest BCUT2D eigenvalue weighted by atomic mass is 9.86. The van der Waals surface area contributed by atoms with E-state index in [-0.39, 0.29) is 17.5 Å². The molecule has 2 fully saturated rings. The smallest absolute Gasteiger partial charge is 0.308 e. The summed E-state index contributed by atoms with van der Waals surface area (Å²) in [6.45, 7) is 4.50. The standard InChI is InChI=1S/C18H33N3O4/c1-4-25-16(22)14-5-7-15(8-6-14)21-17(19-2)20-13-18(23-3)9-11-24-12-10-18/h14-15H,4-13H2,1-3H3,(H2,19,20,21). The van der Waals surface area contributed by atoms with Crippen LogP contribution in [0.25, 0.3) is 0 Å². The van der Waals surface area contributed by atoms with Gasteiger partial charge in [0.05, 0.1) is 18.1 Å². The summed E-state index contributed by atoms with van der Waals surface area (Å²) >= 11 is 0. The van der Waals surface area contributed by atoms with Crippen LogP contribution in [0.4, 0.5) is 0 Å². The van der Waals surface area contributed by atoms with Crippen molar-refractivity contribution < 1.29 is 19.0 Å². The van der Waals surface area contributed by atoms with Crippen molar-refractivity contribution in [2.45, 2.75) is 57.1 Å². The number of carbonyl (C=O) groups excluding carboxylic acids is 1. The average molecular weight is 355 g/mol. The summed E-state index contributed by atoms with van der Waals surface area (Å²) in [6.07, 6.45) is 5.41. The fourth-order valence-corrected chi connectivity index (χ4v) is 3.56. The number of nitrogens with one attached hydrogen (secondary N) is 2. The van der Waals surface area contributed by atoms with Gasteiger partial charge in [-0.25, -0.2) is 0 Å². The van der Waals surface area contributed by atoms with Crippen molar-refractivity contribution in [3.63, 3.8) is 0 Å². The molecular weight excluding hydrogens is 322 g/mol. The SMILES string of the molecule is CCOC(=O)C1CCC(NC(=NC)NCC2(OC)CCOCC2)CC1. The lowest BCUT2D eigenvalue weighted by molar-refractivity contribution is -0.149. The molecule has 2 N–H and O–H groups in total. The summed E-state index contributed by atoms with van der Waals surface area (Å²) in [4.78, 5) is 16.2. The first-order valence-electron chi connectivity index (χ1n) is 9.39. The Balaban J connectivity index is 1.76. The largest absolute Gasteiger partial charge is 0.466 e. The van der Waals surface area contributed by atoms with Gasteiger partial charge in [-0.15, -0.1) is 0 Å². The highest BCUT2D eigenvalue weighted by Crippen LogP contribution is 2.26. The van der Waals surface area contributed by atoms with Crippen LogP contribution in [0.2, 0.25) is 0 Å². The van der Waals surface area contributed by atoms with E-state index >= 15 is 0 Å². The minimum atomic E-state index is -0.183. The number of hydrogen-bond donors (Lipinski definition) is 2. The van der Waals surface area contributed by atoms with Gasteiger partial charge in [0.1, 0.15) is 0 Å². The van der Waals surface area contributed by atoms with E-state index in [1.807, 2.05) is 6.92 Å². The Morgan fingerprint density at radius 3 is 2.48 bits per heavy atom. The monoisotopic (exact) mass is 355 g/mol. The summed E-state index contributed by atoms with van der Waals surface area (Å²) in [5, 5.41) is 6.88. The zero-order valence-electron chi connectivity index (χ0n) is 15.8. The lowest BCUT2D eigenvalue weighted by Gasteiger charge is -2.37. The van der Waals surface area contributed by atoms with Gasteiger partial charge in [-0.2, -0.15) is 0 Å². The van der Waals surface area contributed by atoms with Gasteiger partial charge in [0.2, 0.25) is 0 Å². The van der Waals surface area contributed by atoms with E-state index < -0.39 is 0 Å². The Morgan fingerprint density at radius 1 is 1.24 bits per heavy atom. The van der Waals surface area contributed by atoms with Gasteiger partial charge in [0.15, 0.2) is 5.96 Å². The molecule has 1 saturated heterocycles. The van der Waals surface area contributed by atoms with Crippen LogP contribution >= 0.6 is 0 Å². The number of guanidine groups is 1. The van der Waals surface area contributed by atoms with Gasteiger partial charge in [0.25, 0.3) is 0 Å². The number of aliphatic imine (C=N–C) groups is 1. The van der Waals surface area contributed by atoms with Gasteiger partial charge in [-0.3, -0.25) is 9.79 Å². The Morgan fingerprint density at radius 2 is 1.92 bits per heavy atom. The third-order valence-electron chi connectivity index (χ3n) is 5.33. The highest BCUT2D eigenvalue weighted by Gasteiger charge is 2.33. The normalized spacial score (nSPS) is 26.8. The molecular formula is C18H33N3O4. The highest BCUT2D eigenvalue weighted by molar-refractivity contribution is 5.80. The molecule has 144 valence electrons. The predicted octanol–water partition coefficient (Wildman–Crippen LogP) is 1.47. The van der Waals surface area contributed by atoms with E-state index in [1.54, 1.807) is 14.2 Å². The van der Waals surface area contributed by atoms with Gasteiger partial charge < -0.3 is 24.8 Å². The maximum atomic E-state index is 11.8. The molecule has 0 spiro atoms. The summed E-state index contributed by atoms with van der Waals surface area (Å²) < 4.78 is 16.3. The molecule has 2 aliphatic rings. The van der Waals surface area contributed by atoms with Crippen LogP contribution in [0.15, 0.2) is 4.99 Å². The second-order valence-electron chi connectivity index (χ2n) is 6.87. The van der Waals surface area contributed by atoms with Crippen LogP contribution in [0, 0.1) is 5.92 Å². The van der Waals surface area contributed by atoms with Crippen LogP contribution < -0.4 is 10.6 Å². The molecule has 7 heteroatoms. The number of esters is 1. The Kier molecular flexibility index (Phi) is 7.96. The van der Waals surface area contributed by atoms with E-state index in [0.29, 0.717) is 19.2 Å². The maximum Gasteiger partial charge on any atom is 0.308 e. The van der Waals surface area contributed by atoms with Gasteiger partial charge in [0, 0.05) is 52.8 Å². The third-order valence-corrected chi connectivity index (χ3v) is 5.33. The fraction of sp³-hybridized carbons (Fsp3) is 0.889. The quantitative estimate of drug-likeness (QED) is 0.427. The van der Waals surface area contributed by atoms with Crippen molar-refractivity contribution in [2.75, 3.05) is 40.5 Å². The Bertz CT molecular complexity index is 442. The molecule has 0 radical (unpaired) electrons. The van der Waals surface area contributed by atoms with Crippen molar-refractivity contribution in [3.8, 4) is 0 Å². The van der Waals surface area contributed by atoms with Crippen molar-refractivity contribution in [2.24, 2.45) is 10.9 Å². The molecule has 0 bridgehead atoms. The Hall–Kier alpha value is -1.34. The number of carbonyl (C=O) groups is 1. The molecule has 0 aromatic heterocycles. The number of hydrogen-bond acceptors (Lipinski definition) is 5. The third kappa shape index (κ3) is 5.85. The second-order valence-corrected chi connectivity index (χ2v) is 6.87. The fourth-order valence-electron chi connectivity index (χ4n) is 3.56. The van der Waals surface area contributed by atoms with E-state index in [1.165, 1.54) is 0 Å². The molecule has 0 aromatic carbocycles. The first kappa shape index (κ1) is 20.0. The van der Waals surface area contributed by atoms with Crippen molar-refractivity contribution >= 4 is 11.9 Å². The number of ether oxygens (including phenoxy) is 3. The van der Waals surface area contributed by atoms with Crippen molar-refractivity contribution in [1.82, 2.24) is 10.6 Å². The summed E-state index contributed by atoms with van der Waals surface area (Å²) in [7, 11) is 3.54. The van der Waals surface area contributed by atoms with Gasteiger partial charge in [-0.05, 0) is 32.6 Å². The number of rotatable bonds is 6. The summed E-state index contributed by atoms with van der Waals surface area (Å²) in [5.41, 5.74) is -0.183. The van der Waals surface area contributed by atoms with Crippen LogP contribution in [0.3, 0.4) is 0 Å². The van der Waals surface area contributed by atoms with E-state index in [0.717, 1.165) is 57.7 Å². The Labute approximate surface area is 150 Å². The number of nitrogens with zero attached hydrogens (tertiary/aromatic N) is 1. The number of methoxy groups -OCH3 is 1. The molecule has 7 nitrogen and oxygen atoms in total. The molecule has 1 aliphatic heterocycles. The van der Waals surface area contributed by atoms with E-state index in [2.05, 4.69) is 15.6 Å². The predicted molar refractivity (Wildman–Crippen MR) is 96.7 cm³/mol. The summed E-state index contributed by atoms with van der Waals surface area (Å²) in [5.74, 6) is 0.791. The molecule has 1 heterocycles. The lowest BCUT2D eigenvalue weighted by Crippen LogP contribution is -2.52. The molecule has 0 aromatic rings. The summed E-state index contributed by atoms with van der Waals surface area (Å²) in [6, 6.07) is 0.338. The minimum absolute atomic E-state index is 0.0481. The zero-order valence-corrected chi connectivity index (χ0v) is 15.8. The average Bonchev–Trinajstić information content (AvgIpc) is 2.66. The molecule has 1 saturated carbocycles. The molecule has 0 atom stereocenters. The van der Waals surface area contributed by atoms with Gasteiger partial charge in [-0.1, -0.05) is 0 Å². The van der Waals surface area contributed by atoms with Crippen molar-refractivity contribution in [3.05, 3.63) is 0 Å². The highest BCUT2D eigenvalue weighted by atomic mass is 16.5. The van der Waals surface area contributed by atoms with Crippen LogP contribution in [-0.2, 0) is 19.0 Å². The van der Waals surface area contributed by atoms with E-state index in [4.69, 9.17) is 14.2 Å². The second kappa shape index (κ2) is 9.97. The van der Waals surface area contributed by atoms with Crippen LogP contribution in [-0.4, -0.2) is 64.1 Å². The molecule has 0 amide bonds.